The maximum absolute atomic E-state index is 11.7. The molecule has 0 saturated carbocycles. The van der Waals surface area contributed by atoms with Gasteiger partial charge in [-0.2, -0.15) is 0 Å². The van der Waals surface area contributed by atoms with Crippen molar-refractivity contribution in [1.82, 2.24) is 16.2 Å². The van der Waals surface area contributed by atoms with Gasteiger partial charge < -0.3 is 5.32 Å². The van der Waals surface area contributed by atoms with E-state index in [9.17, 15) is 4.79 Å². The number of hydrogen-bond donors (Lipinski definition) is 3. The predicted octanol–water partition coefficient (Wildman–Crippen LogP) is 2.38. The molecule has 0 aliphatic carbocycles. The van der Waals surface area contributed by atoms with Crippen molar-refractivity contribution in [3.63, 3.8) is 0 Å². The van der Waals surface area contributed by atoms with Crippen LogP contribution in [0.15, 0.2) is 30.3 Å². The van der Waals surface area contributed by atoms with Gasteiger partial charge >= 0.3 is 0 Å². The second kappa shape index (κ2) is 9.33. The third kappa shape index (κ3) is 6.76. The van der Waals surface area contributed by atoms with Crippen LogP contribution >= 0.6 is 12.2 Å². The fraction of sp³-hybridized carbons (Fsp3) is 0.429. The Kier molecular flexibility index (Phi) is 7.58. The Morgan fingerprint density at radius 1 is 1.11 bits per heavy atom. The van der Waals surface area contributed by atoms with E-state index in [-0.39, 0.29) is 5.91 Å². The van der Waals surface area contributed by atoms with Gasteiger partial charge in [0.15, 0.2) is 5.11 Å². The molecule has 0 fully saturated rings. The van der Waals surface area contributed by atoms with Crippen molar-refractivity contribution < 1.29 is 4.79 Å². The number of nitrogens with one attached hydrogen (secondary N) is 3. The molecule has 0 aliphatic heterocycles. The molecule has 0 atom stereocenters. The van der Waals surface area contributed by atoms with Gasteiger partial charge in [0, 0.05) is 12.1 Å². The number of thiocarbonyl (C=S) groups is 1. The second-order valence-electron chi connectivity index (χ2n) is 4.26. The summed E-state index contributed by atoms with van der Waals surface area (Å²) in [6.45, 7) is 3.01. The highest BCUT2D eigenvalue weighted by atomic mass is 32.1. The maximum Gasteiger partial charge on any atom is 0.269 e. The first-order valence-electron chi connectivity index (χ1n) is 6.63. The molecule has 104 valence electrons. The number of hydrazine groups is 1. The number of amides is 1. The molecule has 5 heteroatoms. The third-order valence-electron chi connectivity index (χ3n) is 2.64. The van der Waals surface area contributed by atoms with Crippen LogP contribution in [0, 0.1) is 0 Å². The van der Waals surface area contributed by atoms with Crippen molar-refractivity contribution in [2.45, 2.75) is 32.6 Å². The molecule has 0 saturated heterocycles. The van der Waals surface area contributed by atoms with Gasteiger partial charge in [0.2, 0.25) is 0 Å². The van der Waals surface area contributed by atoms with Crippen LogP contribution in [0.3, 0.4) is 0 Å². The minimum absolute atomic E-state index is 0.198. The average molecular weight is 279 g/mol. The number of hydrogen-bond acceptors (Lipinski definition) is 2. The van der Waals surface area contributed by atoms with E-state index in [4.69, 9.17) is 12.2 Å². The summed E-state index contributed by atoms with van der Waals surface area (Å²) in [5.41, 5.74) is 5.85. The lowest BCUT2D eigenvalue weighted by atomic mass is 10.2. The maximum atomic E-state index is 11.7. The molecule has 0 bridgehead atoms. The SMILES string of the molecule is CCCCCCNC(=S)NNC(=O)c1ccccc1. The zero-order chi connectivity index (χ0) is 13.9. The molecule has 0 spiro atoms. The largest absolute Gasteiger partial charge is 0.361 e. The highest BCUT2D eigenvalue weighted by Crippen LogP contribution is 1.97. The molecule has 3 N–H and O–H groups in total. The first-order chi connectivity index (χ1) is 9.24. The van der Waals surface area contributed by atoms with Gasteiger partial charge in [-0.15, -0.1) is 0 Å². The van der Waals surface area contributed by atoms with Crippen LogP contribution < -0.4 is 16.2 Å². The Balaban J connectivity index is 2.15. The van der Waals surface area contributed by atoms with E-state index in [1.165, 1.54) is 19.3 Å². The molecular weight excluding hydrogens is 258 g/mol. The Bertz CT molecular complexity index is 395. The van der Waals surface area contributed by atoms with E-state index in [0.29, 0.717) is 10.7 Å². The summed E-state index contributed by atoms with van der Waals surface area (Å²) >= 11 is 5.06. The lowest BCUT2D eigenvalue weighted by Crippen LogP contribution is -2.46. The lowest BCUT2D eigenvalue weighted by Gasteiger charge is -2.11. The van der Waals surface area contributed by atoms with E-state index in [1.807, 2.05) is 18.2 Å². The predicted molar refractivity (Wildman–Crippen MR) is 81.8 cm³/mol. The summed E-state index contributed by atoms with van der Waals surface area (Å²) in [4.78, 5) is 11.7. The van der Waals surface area contributed by atoms with Gasteiger partial charge in [0.25, 0.3) is 5.91 Å². The van der Waals surface area contributed by atoms with Crippen molar-refractivity contribution in [2.75, 3.05) is 6.54 Å². The summed E-state index contributed by atoms with van der Waals surface area (Å²) in [6, 6.07) is 9.00. The average Bonchev–Trinajstić information content (AvgIpc) is 2.45. The van der Waals surface area contributed by atoms with Crippen LogP contribution in [0.4, 0.5) is 0 Å². The standard InChI is InChI=1S/C14H21N3OS/c1-2-3-4-8-11-15-14(19)17-16-13(18)12-9-6-5-7-10-12/h5-7,9-10H,2-4,8,11H2,1H3,(H,16,18)(H2,15,17,19). The molecule has 19 heavy (non-hydrogen) atoms. The summed E-state index contributed by atoms with van der Waals surface area (Å²) < 4.78 is 0. The molecule has 0 aromatic heterocycles. The third-order valence-corrected chi connectivity index (χ3v) is 2.89. The number of rotatable bonds is 6. The van der Waals surface area contributed by atoms with E-state index in [0.717, 1.165) is 13.0 Å². The fourth-order valence-electron chi connectivity index (χ4n) is 1.57. The summed E-state index contributed by atoms with van der Waals surface area (Å²) in [6.07, 6.45) is 4.74. The Labute approximate surface area is 119 Å². The van der Waals surface area contributed by atoms with Crippen LogP contribution in [0.25, 0.3) is 0 Å². The first-order valence-corrected chi connectivity index (χ1v) is 7.04. The van der Waals surface area contributed by atoms with Crippen molar-refractivity contribution in [3.05, 3.63) is 35.9 Å². The molecular formula is C14H21N3OS. The van der Waals surface area contributed by atoms with Gasteiger partial charge in [-0.1, -0.05) is 44.4 Å². The molecule has 1 rings (SSSR count). The zero-order valence-corrected chi connectivity index (χ0v) is 12.1. The van der Waals surface area contributed by atoms with Crippen LogP contribution in [-0.4, -0.2) is 17.6 Å². The summed E-state index contributed by atoms with van der Waals surface area (Å²) in [5.74, 6) is -0.198. The molecule has 1 aromatic rings. The fourth-order valence-corrected chi connectivity index (χ4v) is 1.73. The van der Waals surface area contributed by atoms with Gasteiger partial charge in [0.1, 0.15) is 0 Å². The second-order valence-corrected chi connectivity index (χ2v) is 4.67. The van der Waals surface area contributed by atoms with E-state index < -0.39 is 0 Å². The smallest absolute Gasteiger partial charge is 0.269 e. The normalized spacial score (nSPS) is 9.74. The van der Waals surface area contributed by atoms with E-state index in [2.05, 4.69) is 23.1 Å². The molecule has 1 aromatic carbocycles. The van der Waals surface area contributed by atoms with Crippen LogP contribution in [0.1, 0.15) is 43.0 Å². The van der Waals surface area contributed by atoms with Gasteiger partial charge in [-0.05, 0) is 30.8 Å². The van der Waals surface area contributed by atoms with E-state index >= 15 is 0 Å². The van der Waals surface area contributed by atoms with Gasteiger partial charge in [-0.3, -0.25) is 15.6 Å². The number of carbonyl (C=O) groups is 1. The van der Waals surface area contributed by atoms with Crippen LogP contribution in [-0.2, 0) is 0 Å². The van der Waals surface area contributed by atoms with Crippen molar-refractivity contribution in [3.8, 4) is 0 Å². The minimum atomic E-state index is -0.198. The molecule has 0 unspecified atom stereocenters. The Hall–Kier alpha value is -1.62. The summed E-state index contributed by atoms with van der Waals surface area (Å²) in [7, 11) is 0. The lowest BCUT2D eigenvalue weighted by molar-refractivity contribution is 0.0943. The molecule has 4 nitrogen and oxygen atoms in total. The highest BCUT2D eigenvalue weighted by Gasteiger charge is 2.03. The van der Waals surface area contributed by atoms with Crippen LogP contribution in [0.5, 0.6) is 0 Å². The first kappa shape index (κ1) is 15.4. The number of carbonyl (C=O) groups excluding carboxylic acids is 1. The zero-order valence-electron chi connectivity index (χ0n) is 11.2. The van der Waals surface area contributed by atoms with Crippen molar-refractivity contribution in [2.24, 2.45) is 0 Å². The molecule has 0 radical (unpaired) electrons. The topological polar surface area (TPSA) is 53.2 Å². The van der Waals surface area contributed by atoms with E-state index in [1.54, 1.807) is 12.1 Å². The summed E-state index contributed by atoms with van der Waals surface area (Å²) in [5, 5.41) is 3.50. The Morgan fingerprint density at radius 3 is 2.53 bits per heavy atom. The highest BCUT2D eigenvalue weighted by molar-refractivity contribution is 7.80. The number of unbranched alkanes of at least 4 members (excludes halogenated alkanes) is 3. The van der Waals surface area contributed by atoms with Crippen molar-refractivity contribution in [1.29, 1.82) is 0 Å². The van der Waals surface area contributed by atoms with Crippen molar-refractivity contribution >= 4 is 23.2 Å². The molecule has 0 heterocycles. The quantitative estimate of drug-likeness (QED) is 0.425. The monoisotopic (exact) mass is 279 g/mol. The molecule has 1 amide bonds. The molecule has 0 aliphatic rings. The minimum Gasteiger partial charge on any atom is -0.361 e. The number of benzene rings is 1. The van der Waals surface area contributed by atoms with Crippen LogP contribution in [0.2, 0.25) is 0 Å². The Morgan fingerprint density at radius 2 is 1.84 bits per heavy atom. The van der Waals surface area contributed by atoms with Gasteiger partial charge in [-0.25, -0.2) is 0 Å². The van der Waals surface area contributed by atoms with Gasteiger partial charge in [0.05, 0.1) is 0 Å².